The second kappa shape index (κ2) is 6.17. The predicted octanol–water partition coefficient (Wildman–Crippen LogP) is 2.98. The van der Waals surface area contributed by atoms with E-state index in [9.17, 15) is 13.2 Å². The Balaban J connectivity index is 2.29. The molecule has 0 fully saturated rings. The Bertz CT molecular complexity index is 778. The number of thiazole rings is 1. The molecule has 0 saturated carbocycles. The maximum atomic E-state index is 12.2. The van der Waals surface area contributed by atoms with Gasteiger partial charge in [0, 0.05) is 15.5 Å². The van der Waals surface area contributed by atoms with Gasteiger partial charge in [0.2, 0.25) is 10.0 Å². The van der Waals surface area contributed by atoms with Crippen LogP contribution >= 0.6 is 50.5 Å². The van der Waals surface area contributed by atoms with E-state index in [1.165, 1.54) is 17.5 Å². The van der Waals surface area contributed by atoms with Crippen molar-refractivity contribution in [3.05, 3.63) is 47.4 Å². The van der Waals surface area contributed by atoms with E-state index in [0.717, 1.165) is 11.3 Å². The molecule has 0 spiro atoms. The molecule has 0 amide bonds. The lowest BCUT2D eigenvalue weighted by Crippen LogP contribution is -2.24. The number of hydrogen-bond acceptors (Lipinski definition) is 4. The number of benzene rings is 1. The van der Waals surface area contributed by atoms with E-state index < -0.39 is 10.0 Å². The molecule has 2 aromatic rings. The lowest BCUT2D eigenvalue weighted by molar-refractivity contribution is 0.580. The molecule has 0 aliphatic rings. The van der Waals surface area contributed by atoms with E-state index in [2.05, 4.69) is 25.6 Å². The van der Waals surface area contributed by atoms with Gasteiger partial charge in [-0.15, -0.1) is 0 Å². The number of sulfonamides is 1. The van der Waals surface area contributed by atoms with Crippen molar-refractivity contribution >= 4 is 60.5 Å². The third-order valence-electron chi connectivity index (χ3n) is 2.26. The third kappa shape index (κ3) is 3.63. The molecule has 0 atom stereocenters. The zero-order valence-corrected chi connectivity index (χ0v) is 14.3. The zero-order chi connectivity index (χ0) is 14.9. The highest BCUT2D eigenvalue weighted by Gasteiger charge is 2.22. The third-order valence-corrected chi connectivity index (χ3v) is 5.75. The molecule has 1 aromatic heterocycles. The van der Waals surface area contributed by atoms with Crippen molar-refractivity contribution in [2.75, 3.05) is 0 Å². The van der Waals surface area contributed by atoms with Crippen LogP contribution in [0.1, 0.15) is 5.69 Å². The van der Waals surface area contributed by atoms with Crippen molar-refractivity contribution in [3.63, 3.8) is 0 Å². The number of rotatable bonds is 4. The molecule has 0 aliphatic carbocycles. The summed E-state index contributed by atoms with van der Waals surface area (Å²) in [5.41, 5.74) is 0.466. The van der Waals surface area contributed by atoms with E-state index in [0.29, 0.717) is 10.2 Å². The van der Waals surface area contributed by atoms with Crippen LogP contribution in [0.2, 0.25) is 10.0 Å². The Morgan fingerprint density at radius 1 is 1.30 bits per heavy atom. The molecular formula is C10H7BrCl2N2O3S2. The van der Waals surface area contributed by atoms with Crippen LogP contribution in [0.25, 0.3) is 0 Å². The Morgan fingerprint density at radius 3 is 2.40 bits per heavy atom. The van der Waals surface area contributed by atoms with E-state index in [1.54, 1.807) is 0 Å². The second-order valence-electron chi connectivity index (χ2n) is 3.70. The molecule has 0 saturated heterocycles. The Hall–Kier alpha value is -0.380. The van der Waals surface area contributed by atoms with Gasteiger partial charge in [-0.25, -0.2) is 13.1 Å². The number of aromatic nitrogens is 1. The Kier molecular flexibility index (Phi) is 4.93. The SMILES string of the molecule is O=c1[nH]c(CNS(=O)(=O)c2c(Cl)cc(Br)cc2Cl)cs1. The van der Waals surface area contributed by atoms with Crippen LogP contribution in [0.15, 0.2) is 31.7 Å². The van der Waals surface area contributed by atoms with Crippen LogP contribution in [0.3, 0.4) is 0 Å². The van der Waals surface area contributed by atoms with Gasteiger partial charge >= 0.3 is 4.87 Å². The van der Waals surface area contributed by atoms with Crippen LogP contribution in [-0.2, 0) is 16.6 Å². The van der Waals surface area contributed by atoms with Crippen molar-refractivity contribution in [1.29, 1.82) is 0 Å². The average molecular weight is 418 g/mol. The molecule has 0 radical (unpaired) electrons. The number of aromatic amines is 1. The maximum absolute atomic E-state index is 12.2. The minimum atomic E-state index is -3.88. The van der Waals surface area contributed by atoms with Gasteiger partial charge in [-0.2, -0.15) is 0 Å². The highest BCUT2D eigenvalue weighted by molar-refractivity contribution is 9.10. The standard InChI is InChI=1S/C10H7BrCl2N2O3S2/c11-5-1-7(12)9(8(13)2-5)20(17,18)14-3-6-4-19-10(16)15-6/h1-2,4,14H,3H2,(H,15,16). The first-order valence-electron chi connectivity index (χ1n) is 5.10. The summed E-state index contributed by atoms with van der Waals surface area (Å²) in [6.45, 7) is -0.0518. The van der Waals surface area contributed by atoms with Gasteiger partial charge < -0.3 is 4.98 Å². The molecule has 2 N–H and O–H groups in total. The van der Waals surface area contributed by atoms with Crippen LogP contribution < -0.4 is 9.60 Å². The summed E-state index contributed by atoms with van der Waals surface area (Å²) in [5.74, 6) is 0. The second-order valence-corrected chi connectivity index (χ2v) is 7.97. The molecule has 1 heterocycles. The summed E-state index contributed by atoms with van der Waals surface area (Å²) in [7, 11) is -3.88. The zero-order valence-electron chi connectivity index (χ0n) is 9.61. The summed E-state index contributed by atoms with van der Waals surface area (Å²) >= 11 is 16.0. The minimum absolute atomic E-state index is 0.00990. The molecule has 1 aromatic carbocycles. The van der Waals surface area contributed by atoms with E-state index in [4.69, 9.17) is 23.2 Å². The first-order valence-corrected chi connectivity index (χ1v) is 9.01. The fraction of sp³-hybridized carbons (Fsp3) is 0.100. The smallest absolute Gasteiger partial charge is 0.304 e. The number of H-pyrrole nitrogens is 1. The monoisotopic (exact) mass is 416 g/mol. The van der Waals surface area contributed by atoms with E-state index in [-0.39, 0.29) is 26.4 Å². The normalized spacial score (nSPS) is 11.8. The van der Waals surface area contributed by atoms with Crippen molar-refractivity contribution < 1.29 is 8.42 Å². The molecule has 20 heavy (non-hydrogen) atoms. The van der Waals surface area contributed by atoms with Gasteiger partial charge in [0.05, 0.1) is 16.6 Å². The lowest BCUT2D eigenvalue weighted by Gasteiger charge is -2.10. The lowest BCUT2D eigenvalue weighted by atomic mass is 10.4. The highest BCUT2D eigenvalue weighted by Crippen LogP contribution is 2.32. The number of halogens is 3. The van der Waals surface area contributed by atoms with Gasteiger partial charge in [0.25, 0.3) is 0 Å². The first kappa shape index (κ1) is 16.0. The van der Waals surface area contributed by atoms with Crippen LogP contribution in [-0.4, -0.2) is 13.4 Å². The van der Waals surface area contributed by atoms with E-state index >= 15 is 0 Å². The Labute approximate surface area is 137 Å². The van der Waals surface area contributed by atoms with Gasteiger partial charge in [-0.1, -0.05) is 50.5 Å². The molecular weight excluding hydrogens is 411 g/mol. The minimum Gasteiger partial charge on any atom is -0.315 e. The molecule has 0 aliphatic heterocycles. The highest BCUT2D eigenvalue weighted by atomic mass is 79.9. The van der Waals surface area contributed by atoms with Gasteiger partial charge in [-0.05, 0) is 12.1 Å². The number of nitrogens with one attached hydrogen (secondary N) is 2. The summed E-state index contributed by atoms with van der Waals surface area (Å²) in [6.07, 6.45) is 0. The fourth-order valence-corrected chi connectivity index (χ4v) is 4.95. The molecule has 108 valence electrons. The van der Waals surface area contributed by atoms with Crippen molar-refractivity contribution in [2.45, 2.75) is 11.4 Å². The molecule has 10 heteroatoms. The van der Waals surface area contributed by atoms with Crippen LogP contribution in [0, 0.1) is 0 Å². The summed E-state index contributed by atoms with van der Waals surface area (Å²) < 4.78 is 27.3. The number of hydrogen-bond donors (Lipinski definition) is 2. The van der Waals surface area contributed by atoms with Crippen LogP contribution in [0.4, 0.5) is 0 Å². The maximum Gasteiger partial charge on any atom is 0.304 e. The van der Waals surface area contributed by atoms with Crippen molar-refractivity contribution in [2.24, 2.45) is 0 Å². The van der Waals surface area contributed by atoms with Crippen LogP contribution in [0.5, 0.6) is 0 Å². The molecule has 5 nitrogen and oxygen atoms in total. The summed E-state index contributed by atoms with van der Waals surface area (Å²) in [5, 5.41) is 1.56. The molecule has 0 unspecified atom stereocenters. The van der Waals surface area contributed by atoms with Crippen molar-refractivity contribution in [3.8, 4) is 0 Å². The molecule has 2 rings (SSSR count). The largest absolute Gasteiger partial charge is 0.315 e. The van der Waals surface area contributed by atoms with Gasteiger partial charge in [0.1, 0.15) is 4.90 Å². The quantitative estimate of drug-likeness (QED) is 0.802. The molecule has 0 bridgehead atoms. The average Bonchev–Trinajstić information content (AvgIpc) is 2.71. The topological polar surface area (TPSA) is 79.0 Å². The van der Waals surface area contributed by atoms with Crippen molar-refractivity contribution in [1.82, 2.24) is 9.71 Å². The van der Waals surface area contributed by atoms with E-state index in [1.807, 2.05) is 0 Å². The first-order chi connectivity index (χ1) is 9.29. The summed E-state index contributed by atoms with van der Waals surface area (Å²) in [6, 6.07) is 2.88. The summed E-state index contributed by atoms with van der Waals surface area (Å²) in [4.78, 5) is 13.0. The fourth-order valence-electron chi connectivity index (χ4n) is 1.43. The predicted molar refractivity (Wildman–Crippen MR) is 83.1 cm³/mol. The Morgan fingerprint density at radius 2 is 1.90 bits per heavy atom. The van der Waals surface area contributed by atoms with Gasteiger partial charge in [0.15, 0.2) is 0 Å². The van der Waals surface area contributed by atoms with Gasteiger partial charge in [-0.3, -0.25) is 4.79 Å².